The quantitative estimate of drug-likeness (QED) is 0.800. The second-order valence-electron chi connectivity index (χ2n) is 8.67. The van der Waals surface area contributed by atoms with E-state index in [1.54, 1.807) is 13.0 Å². The fourth-order valence-electron chi connectivity index (χ4n) is 4.14. The van der Waals surface area contributed by atoms with E-state index in [0.717, 1.165) is 18.4 Å². The summed E-state index contributed by atoms with van der Waals surface area (Å²) in [4.78, 5) is 27.1. The maximum atomic E-state index is 13.7. The van der Waals surface area contributed by atoms with Crippen LogP contribution in [0, 0.1) is 18.7 Å². The Hall–Kier alpha value is -1.91. The smallest absolute Gasteiger partial charge is 0.410 e. The van der Waals surface area contributed by atoms with Gasteiger partial charge in [-0.15, -0.1) is 0 Å². The van der Waals surface area contributed by atoms with Crippen molar-refractivity contribution in [1.29, 1.82) is 0 Å². The summed E-state index contributed by atoms with van der Waals surface area (Å²) in [6, 6.07) is 5.14. The van der Waals surface area contributed by atoms with E-state index in [1.807, 2.05) is 31.7 Å². The van der Waals surface area contributed by atoms with Gasteiger partial charge >= 0.3 is 6.09 Å². The first kappa shape index (κ1) is 18.9. The van der Waals surface area contributed by atoms with Crippen molar-refractivity contribution in [2.75, 3.05) is 0 Å². The molecule has 2 unspecified atom stereocenters. The average Bonchev–Trinajstić information content (AvgIpc) is 2.79. The average molecular weight is 361 g/mol. The molecule has 0 aromatic heterocycles. The van der Waals surface area contributed by atoms with Crippen LogP contribution in [0.1, 0.15) is 57.6 Å². The Balaban J connectivity index is 1.63. The Bertz CT molecular complexity index is 696. The molecule has 3 rings (SSSR count). The zero-order valence-electron chi connectivity index (χ0n) is 16.0. The van der Waals surface area contributed by atoms with Crippen LogP contribution in [0.5, 0.6) is 0 Å². The summed E-state index contributed by atoms with van der Waals surface area (Å²) < 4.78 is 19.2. The number of amides is 1. The highest BCUT2D eigenvalue weighted by Gasteiger charge is 2.46. The van der Waals surface area contributed by atoms with Crippen molar-refractivity contribution >= 4 is 11.9 Å². The van der Waals surface area contributed by atoms with Crippen LogP contribution in [-0.2, 0) is 16.0 Å². The topological polar surface area (TPSA) is 46.6 Å². The second kappa shape index (κ2) is 7.01. The summed E-state index contributed by atoms with van der Waals surface area (Å²) >= 11 is 0. The van der Waals surface area contributed by atoms with Gasteiger partial charge in [0.15, 0.2) is 0 Å². The van der Waals surface area contributed by atoms with Gasteiger partial charge in [-0.2, -0.15) is 0 Å². The van der Waals surface area contributed by atoms with Crippen molar-refractivity contribution in [3.05, 3.63) is 35.1 Å². The molecule has 2 atom stereocenters. The molecule has 142 valence electrons. The number of carbonyl (C=O) groups excluding carboxylic acids is 2. The molecule has 2 bridgehead atoms. The first-order valence-electron chi connectivity index (χ1n) is 9.43. The summed E-state index contributed by atoms with van der Waals surface area (Å²) in [7, 11) is 0. The second-order valence-corrected chi connectivity index (χ2v) is 8.67. The van der Waals surface area contributed by atoms with Crippen LogP contribution in [-0.4, -0.2) is 34.5 Å². The molecule has 4 nitrogen and oxygen atoms in total. The number of aryl methyl sites for hydroxylation is 1. The number of carbonyl (C=O) groups is 2. The van der Waals surface area contributed by atoms with Gasteiger partial charge in [-0.3, -0.25) is 4.79 Å². The van der Waals surface area contributed by atoms with Gasteiger partial charge in [-0.05, 0) is 70.6 Å². The van der Waals surface area contributed by atoms with E-state index in [1.165, 1.54) is 6.07 Å². The Kier molecular flexibility index (Phi) is 5.09. The van der Waals surface area contributed by atoms with E-state index in [2.05, 4.69) is 0 Å². The molecule has 2 heterocycles. The molecule has 0 aliphatic carbocycles. The number of benzene rings is 1. The summed E-state index contributed by atoms with van der Waals surface area (Å²) in [5, 5.41) is 0. The molecule has 1 aromatic rings. The highest BCUT2D eigenvalue weighted by Crippen LogP contribution is 2.40. The number of hydrogen-bond acceptors (Lipinski definition) is 3. The van der Waals surface area contributed by atoms with E-state index in [-0.39, 0.29) is 42.1 Å². The van der Waals surface area contributed by atoms with E-state index >= 15 is 0 Å². The van der Waals surface area contributed by atoms with Crippen molar-refractivity contribution < 1.29 is 18.7 Å². The zero-order chi connectivity index (χ0) is 19.1. The molecule has 0 spiro atoms. The highest BCUT2D eigenvalue weighted by molar-refractivity contribution is 5.84. The molecule has 0 saturated carbocycles. The van der Waals surface area contributed by atoms with Gasteiger partial charge in [-0.1, -0.05) is 12.1 Å². The molecular formula is C21H28FNO3. The van der Waals surface area contributed by atoms with Crippen LogP contribution in [0.2, 0.25) is 0 Å². The number of halogens is 1. The third-order valence-corrected chi connectivity index (χ3v) is 5.41. The largest absolute Gasteiger partial charge is 0.444 e. The van der Waals surface area contributed by atoms with Crippen LogP contribution >= 0.6 is 0 Å². The Morgan fingerprint density at radius 2 is 1.81 bits per heavy atom. The van der Waals surface area contributed by atoms with Crippen LogP contribution in [0.4, 0.5) is 9.18 Å². The standard InChI is InChI=1S/C21H28FNO3/c1-13-5-6-14(9-18(13)22)10-19(24)15-11-16-7-8-17(12-15)23(16)20(25)26-21(2,3)4/h5-6,9,15-17H,7-8,10-12H2,1-4H3. The van der Waals surface area contributed by atoms with Gasteiger partial charge in [0.05, 0.1) is 0 Å². The maximum absolute atomic E-state index is 13.7. The molecule has 2 aliphatic heterocycles. The van der Waals surface area contributed by atoms with Crippen molar-refractivity contribution in [1.82, 2.24) is 4.90 Å². The monoisotopic (exact) mass is 361 g/mol. The molecule has 26 heavy (non-hydrogen) atoms. The molecule has 5 heteroatoms. The predicted octanol–water partition coefficient (Wildman–Crippen LogP) is 4.42. The van der Waals surface area contributed by atoms with E-state index in [0.29, 0.717) is 18.4 Å². The van der Waals surface area contributed by atoms with Crippen LogP contribution in [0.25, 0.3) is 0 Å². The third-order valence-electron chi connectivity index (χ3n) is 5.41. The number of hydrogen-bond donors (Lipinski definition) is 0. The van der Waals surface area contributed by atoms with Gasteiger partial charge in [0, 0.05) is 24.4 Å². The summed E-state index contributed by atoms with van der Waals surface area (Å²) in [5.74, 6) is -0.181. The first-order valence-corrected chi connectivity index (χ1v) is 9.43. The lowest BCUT2D eigenvalue weighted by molar-refractivity contribution is -0.124. The number of rotatable bonds is 3. The number of piperidine rings is 1. The molecule has 1 amide bonds. The van der Waals surface area contributed by atoms with Crippen LogP contribution in [0.3, 0.4) is 0 Å². The molecule has 0 radical (unpaired) electrons. The predicted molar refractivity (Wildman–Crippen MR) is 97.5 cm³/mol. The maximum Gasteiger partial charge on any atom is 0.410 e. The highest BCUT2D eigenvalue weighted by atomic mass is 19.1. The SMILES string of the molecule is Cc1ccc(CC(=O)C2CC3CCC(C2)N3C(=O)OC(C)(C)C)cc1F. The molecule has 0 N–H and O–H groups in total. The van der Waals surface area contributed by atoms with Gasteiger partial charge < -0.3 is 9.64 Å². The fraction of sp³-hybridized carbons (Fsp3) is 0.619. The lowest BCUT2D eigenvalue weighted by Gasteiger charge is -2.39. The van der Waals surface area contributed by atoms with Gasteiger partial charge in [0.2, 0.25) is 0 Å². The Labute approximate surface area is 154 Å². The summed E-state index contributed by atoms with van der Waals surface area (Å²) in [5.41, 5.74) is 0.795. The van der Waals surface area contributed by atoms with E-state index in [4.69, 9.17) is 4.74 Å². The van der Waals surface area contributed by atoms with Gasteiger partial charge in [0.25, 0.3) is 0 Å². The number of nitrogens with zero attached hydrogens (tertiary/aromatic N) is 1. The number of ketones is 1. The van der Waals surface area contributed by atoms with Crippen molar-refractivity contribution in [2.24, 2.45) is 5.92 Å². The molecule has 2 aliphatic rings. The Morgan fingerprint density at radius 3 is 2.35 bits per heavy atom. The lowest BCUT2D eigenvalue weighted by Crippen LogP contribution is -2.49. The number of ether oxygens (including phenoxy) is 1. The van der Waals surface area contributed by atoms with Gasteiger partial charge in [0.1, 0.15) is 17.2 Å². The van der Waals surface area contributed by atoms with Crippen LogP contribution < -0.4 is 0 Å². The third kappa shape index (κ3) is 4.08. The summed E-state index contributed by atoms with van der Waals surface area (Å²) in [6.45, 7) is 7.31. The van der Waals surface area contributed by atoms with E-state index < -0.39 is 5.60 Å². The number of fused-ring (bicyclic) bond motifs is 2. The zero-order valence-corrected chi connectivity index (χ0v) is 16.0. The molecule has 1 aromatic carbocycles. The normalized spacial score (nSPS) is 25.3. The molecule has 2 saturated heterocycles. The minimum atomic E-state index is -0.515. The first-order chi connectivity index (χ1) is 12.1. The molecular weight excluding hydrogens is 333 g/mol. The molecule has 2 fully saturated rings. The van der Waals surface area contributed by atoms with Crippen molar-refractivity contribution in [3.63, 3.8) is 0 Å². The summed E-state index contributed by atoms with van der Waals surface area (Å²) in [6.07, 6.45) is 3.20. The van der Waals surface area contributed by atoms with Crippen molar-refractivity contribution in [2.45, 2.75) is 77.5 Å². The fourth-order valence-corrected chi connectivity index (χ4v) is 4.14. The van der Waals surface area contributed by atoms with Crippen molar-refractivity contribution in [3.8, 4) is 0 Å². The van der Waals surface area contributed by atoms with E-state index in [9.17, 15) is 14.0 Å². The number of Topliss-reactive ketones (excluding diaryl/α,β-unsaturated/α-hetero) is 1. The minimum absolute atomic E-state index is 0.0597. The van der Waals surface area contributed by atoms with Gasteiger partial charge in [-0.25, -0.2) is 9.18 Å². The lowest BCUT2D eigenvalue weighted by atomic mass is 9.85. The van der Waals surface area contributed by atoms with Crippen LogP contribution in [0.15, 0.2) is 18.2 Å². The Morgan fingerprint density at radius 1 is 1.19 bits per heavy atom. The minimum Gasteiger partial charge on any atom is -0.444 e.